The van der Waals surface area contributed by atoms with Crippen LogP contribution in [0.15, 0.2) is 140 Å². The summed E-state index contributed by atoms with van der Waals surface area (Å²) < 4.78 is 0. The third kappa shape index (κ3) is 6.25. The number of hydrogen-bond donors (Lipinski definition) is 0. The predicted octanol–water partition coefficient (Wildman–Crippen LogP) is 12.3. The lowest BCUT2D eigenvalue weighted by Gasteiger charge is -2.30. The molecule has 0 heterocycles. The van der Waals surface area contributed by atoms with Gasteiger partial charge in [-0.05, 0) is 137 Å². The van der Waals surface area contributed by atoms with E-state index in [9.17, 15) is 0 Å². The number of allylic oxidation sites excluding steroid dienone is 4. The fourth-order valence-electron chi connectivity index (χ4n) is 8.53. The molecule has 2 aliphatic carbocycles. The van der Waals surface area contributed by atoms with Gasteiger partial charge < -0.3 is 0 Å². The number of rotatable bonds is 5. The van der Waals surface area contributed by atoms with E-state index >= 15 is 0 Å². The molecule has 0 heteroatoms. The van der Waals surface area contributed by atoms with E-state index in [1.807, 2.05) is 0 Å². The van der Waals surface area contributed by atoms with Crippen molar-refractivity contribution in [1.29, 1.82) is 0 Å². The summed E-state index contributed by atoms with van der Waals surface area (Å²) in [7, 11) is 0. The second kappa shape index (κ2) is 13.2. The molecule has 0 amide bonds. The maximum atomic E-state index is 2.55. The third-order valence-electron chi connectivity index (χ3n) is 11.0. The van der Waals surface area contributed by atoms with Crippen molar-refractivity contribution in [2.75, 3.05) is 0 Å². The first-order chi connectivity index (χ1) is 25.4. The zero-order valence-corrected chi connectivity index (χ0v) is 32.6. The van der Waals surface area contributed by atoms with E-state index in [1.165, 1.54) is 98.8 Å². The molecular weight excluding hydrogens is 637 g/mol. The van der Waals surface area contributed by atoms with Gasteiger partial charge in [0.1, 0.15) is 0 Å². The topological polar surface area (TPSA) is 0 Å². The van der Waals surface area contributed by atoms with E-state index in [1.54, 1.807) is 0 Å². The molecule has 0 saturated carbocycles. The molecule has 0 aromatic heterocycles. The Morgan fingerprint density at radius 2 is 1.15 bits per heavy atom. The van der Waals surface area contributed by atoms with Gasteiger partial charge in [0.25, 0.3) is 0 Å². The summed E-state index contributed by atoms with van der Waals surface area (Å²) in [5, 5.41) is 5.32. The summed E-state index contributed by atoms with van der Waals surface area (Å²) in [6, 6.07) is 45.6. The molecule has 0 radical (unpaired) electrons. The zero-order valence-electron chi connectivity index (χ0n) is 32.6. The maximum absolute atomic E-state index is 2.55. The summed E-state index contributed by atoms with van der Waals surface area (Å²) in [4.78, 5) is 0. The van der Waals surface area contributed by atoms with Crippen LogP contribution < -0.4 is 10.4 Å². The molecule has 6 aromatic carbocycles. The monoisotopic (exact) mass is 686 g/mol. The molecule has 6 aromatic rings. The maximum Gasteiger partial charge on any atom is -0.00165 e. The van der Waals surface area contributed by atoms with Crippen LogP contribution in [0, 0.1) is 24.3 Å². The van der Waals surface area contributed by atoms with Crippen molar-refractivity contribution in [1.82, 2.24) is 0 Å². The van der Waals surface area contributed by atoms with Crippen LogP contribution in [0.3, 0.4) is 0 Å². The zero-order chi connectivity index (χ0) is 37.1. The summed E-state index contributed by atoms with van der Waals surface area (Å²) in [6.45, 7) is 18.7. The van der Waals surface area contributed by atoms with Gasteiger partial charge in [0, 0.05) is 0 Å². The first-order valence-electron chi connectivity index (χ1n) is 19.2. The smallest absolute Gasteiger partial charge is 0.00165 e. The molecule has 0 bridgehead atoms. The van der Waals surface area contributed by atoms with Crippen LogP contribution >= 0.6 is 0 Å². The average molecular weight is 687 g/mol. The highest BCUT2D eigenvalue weighted by molar-refractivity contribution is 5.94. The van der Waals surface area contributed by atoms with Crippen molar-refractivity contribution in [2.45, 2.75) is 72.6 Å². The van der Waals surface area contributed by atoms with E-state index in [-0.39, 0.29) is 10.8 Å². The van der Waals surface area contributed by atoms with Crippen LogP contribution in [0.25, 0.3) is 39.5 Å². The Hall–Kier alpha value is -5.46. The summed E-state index contributed by atoms with van der Waals surface area (Å²) in [5.41, 5.74) is 18.1. The Kier molecular flexibility index (Phi) is 8.62. The Labute approximate surface area is 315 Å². The van der Waals surface area contributed by atoms with Gasteiger partial charge in [-0.1, -0.05) is 180 Å². The summed E-state index contributed by atoms with van der Waals surface area (Å²) in [6.07, 6.45) is 10.3. The fourth-order valence-corrected chi connectivity index (χ4v) is 8.53. The van der Waals surface area contributed by atoms with Crippen LogP contribution in [0.4, 0.5) is 0 Å². The lowest BCUT2D eigenvalue weighted by atomic mass is 9.73. The van der Waals surface area contributed by atoms with Gasteiger partial charge in [-0.25, -0.2) is 0 Å². The molecule has 2 aliphatic rings. The molecule has 0 unspecified atom stereocenters. The van der Waals surface area contributed by atoms with Crippen molar-refractivity contribution < 1.29 is 0 Å². The molecule has 262 valence electrons. The number of fused-ring (bicyclic) bond motifs is 2. The van der Waals surface area contributed by atoms with E-state index in [0.717, 1.165) is 6.42 Å². The Morgan fingerprint density at radius 3 is 1.66 bits per heavy atom. The second-order valence-corrected chi connectivity index (χ2v) is 17.1. The van der Waals surface area contributed by atoms with E-state index in [0.29, 0.717) is 0 Å². The Balaban J connectivity index is 1.74. The lowest BCUT2D eigenvalue weighted by molar-refractivity contribution is 0.586. The molecule has 8 rings (SSSR count). The third-order valence-corrected chi connectivity index (χ3v) is 11.0. The SMILES string of the molecule is Cc1ccc(C(c2ccc(C)cc2)=c2c(C(C)(C)C)c(-c3ccccc3)c(C3=CC=CC3)c3c2=c2cc(C(C)(C)C)c(-c4ccccc4)cc2=C3)cc1. The minimum atomic E-state index is -0.197. The van der Waals surface area contributed by atoms with Gasteiger partial charge in [0.15, 0.2) is 0 Å². The number of hydrogen-bond acceptors (Lipinski definition) is 0. The van der Waals surface area contributed by atoms with Crippen molar-refractivity contribution in [3.63, 3.8) is 0 Å². The van der Waals surface area contributed by atoms with Gasteiger partial charge >= 0.3 is 0 Å². The van der Waals surface area contributed by atoms with Gasteiger partial charge in [-0.15, -0.1) is 0 Å². The first-order valence-corrected chi connectivity index (χ1v) is 19.2. The van der Waals surface area contributed by atoms with Crippen LogP contribution in [-0.4, -0.2) is 0 Å². The standard InChI is InChI=1S/C53H50/c1-34-23-27-39(28-24-34)46(40-29-25-35(2)26-30-40)50-49-43-33-45(52(3,4)5)42(36-17-11-9-12-18-36)31-41(43)32-44(49)47(37-21-15-16-22-37)48(51(50)53(6,7)8)38-19-13-10-14-20-38/h9-21,23-33H,22H2,1-8H3. The molecule has 0 saturated heterocycles. The number of benzene rings is 6. The molecule has 0 nitrogen and oxygen atoms in total. The Morgan fingerprint density at radius 1 is 0.585 bits per heavy atom. The van der Waals surface area contributed by atoms with Crippen LogP contribution in [0.1, 0.15) is 92.5 Å². The largest absolute Gasteiger partial charge is 0.0801 e. The van der Waals surface area contributed by atoms with Crippen molar-refractivity contribution in [3.05, 3.63) is 205 Å². The molecular formula is C53H50. The van der Waals surface area contributed by atoms with E-state index in [2.05, 4.69) is 201 Å². The molecule has 0 N–H and O–H groups in total. The van der Waals surface area contributed by atoms with Crippen molar-refractivity contribution in [3.8, 4) is 22.3 Å². The minimum absolute atomic E-state index is 0.0683. The van der Waals surface area contributed by atoms with Gasteiger partial charge in [-0.2, -0.15) is 0 Å². The average Bonchev–Trinajstić information content (AvgIpc) is 3.81. The molecule has 0 fully saturated rings. The quantitative estimate of drug-likeness (QED) is 0.169. The fraction of sp³-hybridized carbons (Fsp3) is 0.208. The summed E-state index contributed by atoms with van der Waals surface area (Å²) in [5.74, 6) is 0. The lowest BCUT2D eigenvalue weighted by Crippen LogP contribution is -2.30. The van der Waals surface area contributed by atoms with Gasteiger partial charge in [0.2, 0.25) is 0 Å². The Bertz CT molecular complexity index is 2610. The van der Waals surface area contributed by atoms with Gasteiger partial charge in [0.05, 0.1) is 0 Å². The van der Waals surface area contributed by atoms with Crippen LogP contribution in [-0.2, 0) is 10.8 Å². The second-order valence-electron chi connectivity index (χ2n) is 17.1. The van der Waals surface area contributed by atoms with E-state index < -0.39 is 0 Å². The molecule has 0 aliphatic heterocycles. The minimum Gasteiger partial charge on any atom is -0.0801 e. The molecule has 0 atom stereocenters. The first kappa shape index (κ1) is 34.6. The highest BCUT2D eigenvalue weighted by Crippen LogP contribution is 2.43. The highest BCUT2D eigenvalue weighted by atomic mass is 14.3. The van der Waals surface area contributed by atoms with Crippen molar-refractivity contribution in [2.24, 2.45) is 0 Å². The van der Waals surface area contributed by atoms with Gasteiger partial charge in [-0.3, -0.25) is 0 Å². The normalized spacial score (nSPS) is 13.4. The van der Waals surface area contributed by atoms with Crippen LogP contribution in [0.5, 0.6) is 0 Å². The predicted molar refractivity (Wildman–Crippen MR) is 227 cm³/mol. The van der Waals surface area contributed by atoms with Crippen molar-refractivity contribution >= 4 is 17.2 Å². The van der Waals surface area contributed by atoms with E-state index in [4.69, 9.17) is 0 Å². The van der Waals surface area contributed by atoms with Crippen LogP contribution in [0.2, 0.25) is 0 Å². The number of aryl methyl sites for hydroxylation is 2. The molecule has 53 heavy (non-hydrogen) atoms. The molecule has 0 spiro atoms. The highest BCUT2D eigenvalue weighted by Gasteiger charge is 2.31. The summed E-state index contributed by atoms with van der Waals surface area (Å²) >= 11 is 0.